The molecule has 134 valence electrons. The van der Waals surface area contributed by atoms with Crippen LogP contribution in [-0.4, -0.2) is 54.8 Å². The zero-order valence-electron chi connectivity index (χ0n) is 14.4. The van der Waals surface area contributed by atoms with Crippen LogP contribution in [0.5, 0.6) is 0 Å². The number of pyridine rings is 1. The lowest BCUT2D eigenvalue weighted by molar-refractivity contribution is 0.116. The van der Waals surface area contributed by atoms with Crippen molar-refractivity contribution in [1.82, 2.24) is 18.7 Å². The zero-order chi connectivity index (χ0) is 18.2. The lowest BCUT2D eigenvalue weighted by atomic mass is 9.89. The van der Waals surface area contributed by atoms with Gasteiger partial charge in [-0.25, -0.2) is 5.01 Å². The Labute approximate surface area is 153 Å². The molecule has 2 heterocycles. The maximum atomic E-state index is 12.9. The van der Waals surface area contributed by atoms with E-state index in [4.69, 9.17) is 11.6 Å². The summed E-state index contributed by atoms with van der Waals surface area (Å²) in [5.74, 6) is -0.0328. The van der Waals surface area contributed by atoms with Gasteiger partial charge in [0.2, 0.25) is 0 Å². The molecule has 2 aromatic rings. The van der Waals surface area contributed by atoms with Gasteiger partial charge >= 0.3 is 0 Å². The summed E-state index contributed by atoms with van der Waals surface area (Å²) >= 11 is 6.02. The molecule has 25 heavy (non-hydrogen) atoms. The van der Waals surface area contributed by atoms with E-state index in [2.05, 4.69) is 4.98 Å². The van der Waals surface area contributed by atoms with Gasteiger partial charge in [-0.2, -0.15) is 12.7 Å². The third-order valence-electron chi connectivity index (χ3n) is 4.44. The van der Waals surface area contributed by atoms with E-state index in [0.717, 1.165) is 11.1 Å². The molecule has 1 aliphatic heterocycles. The predicted octanol–water partition coefficient (Wildman–Crippen LogP) is 2.53. The van der Waals surface area contributed by atoms with E-state index in [9.17, 15) is 8.42 Å². The third-order valence-corrected chi connectivity index (χ3v) is 6.59. The number of hydrogen-bond donors (Lipinski definition) is 0. The number of hydrazine groups is 1. The summed E-state index contributed by atoms with van der Waals surface area (Å²) in [4.78, 5) is 4.20. The van der Waals surface area contributed by atoms with Crippen molar-refractivity contribution in [3.05, 3.63) is 64.9 Å². The van der Waals surface area contributed by atoms with Gasteiger partial charge in [-0.05, 0) is 29.3 Å². The van der Waals surface area contributed by atoms with Crippen molar-refractivity contribution in [2.75, 3.05) is 27.7 Å². The Morgan fingerprint density at radius 2 is 1.84 bits per heavy atom. The van der Waals surface area contributed by atoms with Crippen LogP contribution in [0.4, 0.5) is 0 Å². The van der Waals surface area contributed by atoms with Gasteiger partial charge in [0, 0.05) is 51.0 Å². The van der Waals surface area contributed by atoms with Crippen LogP contribution in [0.1, 0.15) is 23.1 Å². The lowest BCUT2D eigenvalue weighted by Gasteiger charge is -2.32. The molecule has 0 saturated carbocycles. The average molecular weight is 381 g/mol. The number of hydrogen-bond acceptors (Lipinski definition) is 4. The van der Waals surface area contributed by atoms with E-state index in [0.29, 0.717) is 11.6 Å². The van der Waals surface area contributed by atoms with E-state index in [-0.39, 0.29) is 12.0 Å². The zero-order valence-corrected chi connectivity index (χ0v) is 15.9. The van der Waals surface area contributed by atoms with Crippen molar-refractivity contribution in [3.8, 4) is 0 Å². The Balaban J connectivity index is 2.13. The molecule has 1 aliphatic rings. The van der Waals surface area contributed by atoms with Crippen LogP contribution in [0, 0.1) is 0 Å². The van der Waals surface area contributed by atoms with Gasteiger partial charge < -0.3 is 0 Å². The van der Waals surface area contributed by atoms with Crippen molar-refractivity contribution in [3.63, 3.8) is 0 Å². The molecule has 0 N–H and O–H groups in total. The summed E-state index contributed by atoms with van der Waals surface area (Å²) in [6.45, 7) is 0.575. The fraction of sp³-hybridized carbons (Fsp3) is 0.353. The first-order chi connectivity index (χ1) is 11.8. The van der Waals surface area contributed by atoms with Gasteiger partial charge in [0.25, 0.3) is 10.2 Å². The molecule has 1 aromatic heterocycles. The second-order valence-corrected chi connectivity index (χ2v) is 8.73. The summed E-state index contributed by atoms with van der Waals surface area (Å²) in [5, 5.41) is 2.38. The van der Waals surface area contributed by atoms with Crippen molar-refractivity contribution in [1.29, 1.82) is 0 Å². The van der Waals surface area contributed by atoms with Crippen LogP contribution in [0.2, 0.25) is 5.02 Å². The quantitative estimate of drug-likeness (QED) is 0.817. The first-order valence-electron chi connectivity index (χ1n) is 7.90. The van der Waals surface area contributed by atoms with Gasteiger partial charge in [0.15, 0.2) is 0 Å². The van der Waals surface area contributed by atoms with Crippen LogP contribution in [0.15, 0.2) is 48.8 Å². The molecular formula is C17H21ClN4O2S. The Morgan fingerprint density at radius 3 is 2.40 bits per heavy atom. The van der Waals surface area contributed by atoms with Gasteiger partial charge in [0.05, 0.1) is 6.04 Å². The molecule has 0 aliphatic carbocycles. The highest BCUT2D eigenvalue weighted by molar-refractivity contribution is 7.86. The molecule has 6 nitrogen and oxygen atoms in total. The van der Waals surface area contributed by atoms with Crippen LogP contribution >= 0.6 is 11.6 Å². The van der Waals surface area contributed by atoms with E-state index in [1.54, 1.807) is 50.7 Å². The van der Waals surface area contributed by atoms with Crippen molar-refractivity contribution in [2.45, 2.75) is 12.0 Å². The monoisotopic (exact) mass is 380 g/mol. The standard InChI is InChI=1S/C17H21ClN4O2S/c1-20(2)25(23,24)22-17(13-6-8-15(18)9-7-13)16(12-21(22)3)14-5-4-10-19-11-14/h4-11,16-17H,12H2,1-3H3. The topological polar surface area (TPSA) is 56.8 Å². The van der Waals surface area contributed by atoms with E-state index < -0.39 is 10.2 Å². The number of rotatable bonds is 4. The average Bonchev–Trinajstić information content (AvgIpc) is 2.94. The smallest absolute Gasteiger partial charge is 0.264 e. The molecule has 0 amide bonds. The normalized spacial score (nSPS) is 22.6. The summed E-state index contributed by atoms with van der Waals surface area (Å²) in [6, 6.07) is 10.8. The Morgan fingerprint density at radius 1 is 1.16 bits per heavy atom. The predicted molar refractivity (Wildman–Crippen MR) is 98.2 cm³/mol. The SMILES string of the molecule is CN1CC(c2cccnc2)C(c2ccc(Cl)cc2)N1S(=O)(=O)N(C)C. The van der Waals surface area contributed by atoms with Crippen LogP contribution < -0.4 is 0 Å². The molecule has 0 bridgehead atoms. The summed E-state index contributed by atoms with van der Waals surface area (Å²) in [5.41, 5.74) is 1.90. The Bertz CT molecular complexity index is 827. The molecule has 1 fully saturated rings. The third kappa shape index (κ3) is 3.43. The molecule has 2 atom stereocenters. The number of likely N-dealkylation sites (N-methyl/N-ethyl adjacent to an activating group) is 1. The molecule has 3 rings (SSSR count). The van der Waals surface area contributed by atoms with Gasteiger partial charge in [-0.15, -0.1) is 4.41 Å². The van der Waals surface area contributed by atoms with E-state index in [1.165, 1.54) is 8.72 Å². The van der Waals surface area contributed by atoms with Crippen molar-refractivity contribution >= 4 is 21.8 Å². The Kier molecular flexibility index (Phi) is 5.13. The highest BCUT2D eigenvalue weighted by Crippen LogP contribution is 2.44. The molecule has 8 heteroatoms. The maximum absolute atomic E-state index is 12.9. The number of nitrogens with zero attached hydrogens (tertiary/aromatic N) is 4. The van der Waals surface area contributed by atoms with Crippen LogP contribution in [0.25, 0.3) is 0 Å². The molecular weight excluding hydrogens is 360 g/mol. The summed E-state index contributed by atoms with van der Waals surface area (Å²) < 4.78 is 28.6. The molecule has 1 saturated heterocycles. The van der Waals surface area contributed by atoms with E-state index in [1.807, 2.05) is 24.3 Å². The van der Waals surface area contributed by atoms with Crippen molar-refractivity contribution in [2.24, 2.45) is 0 Å². The second-order valence-electron chi connectivity index (χ2n) is 6.29. The minimum absolute atomic E-state index is 0.0328. The first-order valence-corrected chi connectivity index (χ1v) is 9.68. The summed E-state index contributed by atoms with van der Waals surface area (Å²) in [6.07, 6.45) is 3.51. The van der Waals surface area contributed by atoms with Crippen LogP contribution in [0.3, 0.4) is 0 Å². The van der Waals surface area contributed by atoms with Gasteiger partial charge in [-0.1, -0.05) is 29.8 Å². The first kappa shape index (κ1) is 18.3. The highest BCUT2D eigenvalue weighted by Gasteiger charge is 2.47. The number of aromatic nitrogens is 1. The van der Waals surface area contributed by atoms with E-state index >= 15 is 0 Å². The van der Waals surface area contributed by atoms with Crippen molar-refractivity contribution < 1.29 is 8.42 Å². The van der Waals surface area contributed by atoms with Crippen LogP contribution in [-0.2, 0) is 10.2 Å². The minimum Gasteiger partial charge on any atom is -0.264 e. The molecule has 1 aromatic carbocycles. The minimum atomic E-state index is -3.63. The lowest BCUT2D eigenvalue weighted by Crippen LogP contribution is -2.46. The second kappa shape index (κ2) is 7.01. The number of halogens is 1. The fourth-order valence-electron chi connectivity index (χ4n) is 3.22. The highest BCUT2D eigenvalue weighted by atomic mass is 35.5. The summed E-state index contributed by atoms with van der Waals surface area (Å²) in [7, 11) is 1.24. The molecule has 2 unspecified atom stereocenters. The molecule has 0 radical (unpaired) electrons. The fourth-order valence-corrected chi connectivity index (χ4v) is 4.66. The number of benzene rings is 1. The Hall–Kier alpha value is -1.51. The maximum Gasteiger partial charge on any atom is 0.295 e. The largest absolute Gasteiger partial charge is 0.295 e. The van der Waals surface area contributed by atoms with Gasteiger partial charge in [-0.3, -0.25) is 4.98 Å². The molecule has 0 spiro atoms. The van der Waals surface area contributed by atoms with Gasteiger partial charge in [0.1, 0.15) is 0 Å².